The molecular formula is C23H44O2. The summed E-state index contributed by atoms with van der Waals surface area (Å²) in [5.41, 5.74) is 0. The predicted molar refractivity (Wildman–Crippen MR) is 110 cm³/mol. The topological polar surface area (TPSA) is 26.3 Å². The van der Waals surface area contributed by atoms with E-state index in [-0.39, 0.29) is 5.97 Å². The van der Waals surface area contributed by atoms with Gasteiger partial charge in [0.2, 0.25) is 0 Å². The average Bonchev–Trinajstić information content (AvgIpc) is 2.63. The molecule has 25 heavy (non-hydrogen) atoms. The number of ether oxygens (including phenoxy) is 1. The number of hydrogen-bond acceptors (Lipinski definition) is 2. The molecule has 0 fully saturated rings. The van der Waals surface area contributed by atoms with Crippen molar-refractivity contribution in [3.8, 4) is 0 Å². The van der Waals surface area contributed by atoms with Crippen molar-refractivity contribution >= 4 is 5.97 Å². The summed E-state index contributed by atoms with van der Waals surface area (Å²) in [6, 6.07) is 0. The second-order valence-electron chi connectivity index (χ2n) is 7.38. The molecule has 0 aromatic carbocycles. The summed E-state index contributed by atoms with van der Waals surface area (Å²) in [6.07, 6.45) is 25.9. The van der Waals surface area contributed by atoms with Crippen molar-refractivity contribution in [2.45, 2.75) is 122 Å². The molecule has 0 bridgehead atoms. The fourth-order valence-corrected chi connectivity index (χ4v) is 3.24. The molecule has 0 saturated carbocycles. The second kappa shape index (κ2) is 21.3. The highest BCUT2D eigenvalue weighted by Gasteiger charge is 1.96. The van der Waals surface area contributed by atoms with Crippen LogP contribution in [0.1, 0.15) is 122 Å². The van der Waals surface area contributed by atoms with Crippen molar-refractivity contribution in [2.75, 3.05) is 6.61 Å². The van der Waals surface area contributed by atoms with Gasteiger partial charge in [-0.05, 0) is 6.42 Å². The summed E-state index contributed by atoms with van der Waals surface area (Å²) in [5, 5.41) is 0. The molecule has 2 nitrogen and oxygen atoms in total. The summed E-state index contributed by atoms with van der Waals surface area (Å²) in [7, 11) is 0. The van der Waals surface area contributed by atoms with Gasteiger partial charge in [0, 0.05) is 6.08 Å². The van der Waals surface area contributed by atoms with Crippen LogP contribution in [0.5, 0.6) is 0 Å². The van der Waals surface area contributed by atoms with Crippen molar-refractivity contribution in [3.05, 3.63) is 12.7 Å². The standard InChI is InChI=1S/C23H44O2/c1-3-5-6-7-8-9-10-11-12-13-14-15-16-17-18-19-20-21-22-25-23(24)4-2/h4H,2-3,5-22H2,1H3. The SMILES string of the molecule is C=CC(=O)OCCCCCCCCCCCCCCCCCCCC. The molecule has 0 aliphatic carbocycles. The van der Waals surface area contributed by atoms with Gasteiger partial charge in [0.1, 0.15) is 0 Å². The van der Waals surface area contributed by atoms with Gasteiger partial charge in [-0.3, -0.25) is 0 Å². The van der Waals surface area contributed by atoms with Crippen molar-refractivity contribution < 1.29 is 9.53 Å². The largest absolute Gasteiger partial charge is 0.463 e. The monoisotopic (exact) mass is 352 g/mol. The Balaban J connectivity index is 3.00. The Labute approximate surface area is 157 Å². The molecule has 0 spiro atoms. The zero-order chi connectivity index (χ0) is 18.4. The quantitative estimate of drug-likeness (QED) is 0.127. The first-order valence-corrected chi connectivity index (χ1v) is 11.1. The second-order valence-corrected chi connectivity index (χ2v) is 7.38. The minimum Gasteiger partial charge on any atom is -0.463 e. The number of unbranched alkanes of at least 4 members (excludes halogenated alkanes) is 17. The number of rotatable bonds is 20. The highest BCUT2D eigenvalue weighted by atomic mass is 16.5. The van der Waals surface area contributed by atoms with E-state index >= 15 is 0 Å². The molecule has 0 amide bonds. The van der Waals surface area contributed by atoms with Crippen LogP contribution in [0.3, 0.4) is 0 Å². The summed E-state index contributed by atoms with van der Waals surface area (Å²) in [4.78, 5) is 10.9. The molecule has 0 aliphatic rings. The lowest BCUT2D eigenvalue weighted by atomic mass is 10.0. The molecule has 0 heterocycles. The number of carbonyl (C=O) groups is 1. The van der Waals surface area contributed by atoms with E-state index in [4.69, 9.17) is 4.74 Å². The van der Waals surface area contributed by atoms with E-state index in [9.17, 15) is 4.79 Å². The average molecular weight is 353 g/mol. The van der Waals surface area contributed by atoms with Crippen molar-refractivity contribution in [3.63, 3.8) is 0 Å². The van der Waals surface area contributed by atoms with E-state index in [0.29, 0.717) is 6.61 Å². The first-order chi connectivity index (χ1) is 12.3. The summed E-state index contributed by atoms with van der Waals surface area (Å²) >= 11 is 0. The molecule has 0 rings (SSSR count). The Morgan fingerprint density at radius 2 is 0.960 bits per heavy atom. The Kier molecular flexibility index (Phi) is 20.6. The maximum absolute atomic E-state index is 10.9. The maximum Gasteiger partial charge on any atom is 0.330 e. The third-order valence-electron chi connectivity index (χ3n) is 4.91. The first-order valence-electron chi connectivity index (χ1n) is 11.1. The molecule has 0 atom stereocenters. The van der Waals surface area contributed by atoms with Crippen LogP contribution in [-0.2, 0) is 9.53 Å². The van der Waals surface area contributed by atoms with Crippen LogP contribution in [-0.4, -0.2) is 12.6 Å². The van der Waals surface area contributed by atoms with Crippen LogP contribution in [0.2, 0.25) is 0 Å². The molecule has 0 N–H and O–H groups in total. The molecule has 0 saturated heterocycles. The van der Waals surface area contributed by atoms with Crippen LogP contribution in [0.4, 0.5) is 0 Å². The minimum absolute atomic E-state index is 0.299. The van der Waals surface area contributed by atoms with E-state index in [1.54, 1.807) is 0 Å². The van der Waals surface area contributed by atoms with E-state index in [2.05, 4.69) is 13.5 Å². The molecule has 0 aromatic heterocycles. The van der Waals surface area contributed by atoms with E-state index in [1.165, 1.54) is 115 Å². The Morgan fingerprint density at radius 3 is 1.28 bits per heavy atom. The van der Waals surface area contributed by atoms with E-state index in [0.717, 1.165) is 6.42 Å². The van der Waals surface area contributed by atoms with Gasteiger partial charge in [-0.2, -0.15) is 0 Å². The van der Waals surface area contributed by atoms with Crippen molar-refractivity contribution in [1.29, 1.82) is 0 Å². The summed E-state index contributed by atoms with van der Waals surface area (Å²) in [5.74, 6) is -0.299. The first kappa shape index (κ1) is 24.2. The number of carbonyl (C=O) groups excluding carboxylic acids is 1. The van der Waals surface area contributed by atoms with Gasteiger partial charge >= 0.3 is 5.97 Å². The van der Waals surface area contributed by atoms with Crippen LogP contribution in [0.15, 0.2) is 12.7 Å². The molecule has 0 aromatic rings. The van der Waals surface area contributed by atoms with Crippen molar-refractivity contribution in [2.24, 2.45) is 0 Å². The Morgan fingerprint density at radius 1 is 0.640 bits per heavy atom. The van der Waals surface area contributed by atoms with Gasteiger partial charge in [0.05, 0.1) is 6.61 Å². The predicted octanol–water partition coefficient (Wildman–Crippen LogP) is 7.76. The lowest BCUT2D eigenvalue weighted by Crippen LogP contribution is -2.01. The van der Waals surface area contributed by atoms with Crippen molar-refractivity contribution in [1.82, 2.24) is 0 Å². The molecule has 0 unspecified atom stereocenters. The third-order valence-corrected chi connectivity index (χ3v) is 4.91. The Hall–Kier alpha value is -0.790. The van der Waals surface area contributed by atoms with E-state index < -0.39 is 0 Å². The van der Waals surface area contributed by atoms with Gasteiger partial charge in [-0.1, -0.05) is 123 Å². The van der Waals surface area contributed by atoms with Gasteiger partial charge in [-0.15, -0.1) is 0 Å². The zero-order valence-corrected chi connectivity index (χ0v) is 17.0. The van der Waals surface area contributed by atoms with Gasteiger partial charge in [0.15, 0.2) is 0 Å². The minimum atomic E-state index is -0.299. The molecule has 0 aliphatic heterocycles. The highest BCUT2D eigenvalue weighted by molar-refractivity contribution is 5.81. The lowest BCUT2D eigenvalue weighted by molar-refractivity contribution is -0.137. The molecular weight excluding hydrogens is 308 g/mol. The fraction of sp³-hybridized carbons (Fsp3) is 0.870. The highest BCUT2D eigenvalue weighted by Crippen LogP contribution is 2.14. The van der Waals surface area contributed by atoms with Gasteiger partial charge in [-0.25, -0.2) is 4.79 Å². The normalized spacial score (nSPS) is 10.8. The third kappa shape index (κ3) is 21.2. The number of esters is 1. The van der Waals surface area contributed by atoms with E-state index in [1.807, 2.05) is 0 Å². The van der Waals surface area contributed by atoms with Crippen LogP contribution >= 0.6 is 0 Å². The van der Waals surface area contributed by atoms with Gasteiger partial charge < -0.3 is 4.74 Å². The van der Waals surface area contributed by atoms with Crippen LogP contribution < -0.4 is 0 Å². The lowest BCUT2D eigenvalue weighted by Gasteiger charge is -2.04. The fourth-order valence-electron chi connectivity index (χ4n) is 3.24. The molecule has 0 radical (unpaired) electrons. The number of hydrogen-bond donors (Lipinski definition) is 0. The molecule has 2 heteroatoms. The Bertz CT molecular complexity index is 286. The zero-order valence-electron chi connectivity index (χ0n) is 17.0. The maximum atomic E-state index is 10.9. The molecule has 148 valence electrons. The van der Waals surface area contributed by atoms with Crippen LogP contribution in [0, 0.1) is 0 Å². The smallest absolute Gasteiger partial charge is 0.330 e. The summed E-state index contributed by atoms with van der Waals surface area (Å²) < 4.78 is 4.96. The summed E-state index contributed by atoms with van der Waals surface area (Å²) in [6.45, 7) is 6.22. The van der Waals surface area contributed by atoms with Gasteiger partial charge in [0.25, 0.3) is 0 Å². The van der Waals surface area contributed by atoms with Crippen LogP contribution in [0.25, 0.3) is 0 Å².